The summed E-state index contributed by atoms with van der Waals surface area (Å²) < 4.78 is 0. The minimum Gasteiger partial charge on any atom is -0.479 e. The van der Waals surface area contributed by atoms with Crippen LogP contribution in [0.2, 0.25) is 0 Å². The molecule has 1 aliphatic heterocycles. The number of urea groups is 1. The van der Waals surface area contributed by atoms with Crippen LogP contribution in [-0.2, 0) is 9.59 Å². The van der Waals surface area contributed by atoms with Crippen LogP contribution >= 0.6 is 0 Å². The second kappa shape index (κ2) is 7.85. The van der Waals surface area contributed by atoms with E-state index in [1.807, 2.05) is 13.8 Å². The molecule has 1 atom stereocenters. The Balaban J connectivity index is 2.59. The van der Waals surface area contributed by atoms with Crippen molar-refractivity contribution in [2.24, 2.45) is 0 Å². The number of nitrogens with one attached hydrogen (secondary N) is 2. The molecule has 7 nitrogen and oxygen atoms in total. The number of aliphatic carboxylic acids is 1. The van der Waals surface area contributed by atoms with Gasteiger partial charge in [-0.05, 0) is 26.2 Å². The molecule has 0 bridgehead atoms. The normalized spacial score (nSPS) is 21.1. The molecule has 1 fully saturated rings. The summed E-state index contributed by atoms with van der Waals surface area (Å²) in [7, 11) is 0. The number of carbonyl (C=O) groups is 3. The van der Waals surface area contributed by atoms with Gasteiger partial charge in [-0.25, -0.2) is 9.59 Å². The van der Waals surface area contributed by atoms with Crippen molar-refractivity contribution in [1.82, 2.24) is 15.5 Å². The largest absolute Gasteiger partial charge is 0.479 e. The minimum absolute atomic E-state index is 0.128. The molecule has 0 aromatic carbocycles. The highest BCUT2D eigenvalue weighted by Gasteiger charge is 2.49. The van der Waals surface area contributed by atoms with E-state index < -0.39 is 17.5 Å². The molecular weight excluding hydrogens is 274 g/mol. The molecule has 1 heterocycles. The van der Waals surface area contributed by atoms with Gasteiger partial charge in [0.05, 0.1) is 0 Å². The standard InChI is InChI=1S/C14H25N3O4/c1-3-7-14(12(19)20)8-5-10-17(14)13(21)16-9-6-11(18)15-4-2/h3-10H2,1-2H3,(H,15,18)(H,16,21)(H,19,20). The van der Waals surface area contributed by atoms with Gasteiger partial charge < -0.3 is 20.6 Å². The van der Waals surface area contributed by atoms with Gasteiger partial charge in [0, 0.05) is 26.1 Å². The third-order valence-electron chi connectivity index (χ3n) is 3.80. The second-order valence-electron chi connectivity index (χ2n) is 5.28. The van der Waals surface area contributed by atoms with Crippen LogP contribution in [0.15, 0.2) is 0 Å². The van der Waals surface area contributed by atoms with Gasteiger partial charge in [-0.1, -0.05) is 13.3 Å². The van der Waals surface area contributed by atoms with Gasteiger partial charge in [0.15, 0.2) is 0 Å². The molecule has 1 unspecified atom stereocenters. The van der Waals surface area contributed by atoms with Crippen LogP contribution in [-0.4, -0.2) is 53.1 Å². The fourth-order valence-corrected chi connectivity index (χ4v) is 2.84. The van der Waals surface area contributed by atoms with Gasteiger partial charge >= 0.3 is 12.0 Å². The SMILES string of the molecule is CCCC1(C(=O)O)CCCN1C(=O)NCCC(=O)NCC. The van der Waals surface area contributed by atoms with E-state index in [4.69, 9.17) is 0 Å². The molecular formula is C14H25N3O4. The van der Waals surface area contributed by atoms with Crippen LogP contribution < -0.4 is 10.6 Å². The average Bonchev–Trinajstić information content (AvgIpc) is 2.84. The highest BCUT2D eigenvalue weighted by atomic mass is 16.4. The third-order valence-corrected chi connectivity index (χ3v) is 3.80. The molecule has 0 saturated carbocycles. The number of hydrogen-bond donors (Lipinski definition) is 3. The van der Waals surface area contributed by atoms with Gasteiger partial charge in [-0.2, -0.15) is 0 Å². The lowest BCUT2D eigenvalue weighted by Gasteiger charge is -2.34. The zero-order chi connectivity index (χ0) is 15.9. The molecule has 1 rings (SSSR count). The Labute approximate surface area is 125 Å². The number of hydrogen-bond acceptors (Lipinski definition) is 3. The summed E-state index contributed by atoms with van der Waals surface area (Å²) in [5, 5.41) is 14.8. The van der Waals surface area contributed by atoms with Crippen molar-refractivity contribution in [2.45, 2.75) is 51.5 Å². The number of amides is 3. The smallest absolute Gasteiger partial charge is 0.329 e. The van der Waals surface area contributed by atoms with Crippen LogP contribution in [0, 0.1) is 0 Å². The minimum atomic E-state index is -1.09. The maximum atomic E-state index is 12.2. The summed E-state index contributed by atoms with van der Waals surface area (Å²) >= 11 is 0. The Morgan fingerprint density at radius 2 is 1.95 bits per heavy atom. The number of carboxylic acid groups (broad SMARTS) is 1. The molecule has 0 radical (unpaired) electrons. The van der Waals surface area contributed by atoms with Crippen molar-refractivity contribution in [3.8, 4) is 0 Å². The quantitative estimate of drug-likeness (QED) is 0.651. The molecule has 0 spiro atoms. The van der Waals surface area contributed by atoms with Crippen LogP contribution in [0.3, 0.4) is 0 Å². The Morgan fingerprint density at radius 1 is 1.24 bits per heavy atom. The highest BCUT2D eigenvalue weighted by Crippen LogP contribution is 2.33. The zero-order valence-corrected chi connectivity index (χ0v) is 12.8. The second-order valence-corrected chi connectivity index (χ2v) is 5.28. The zero-order valence-electron chi connectivity index (χ0n) is 12.8. The number of nitrogens with zero attached hydrogens (tertiary/aromatic N) is 1. The van der Waals surface area contributed by atoms with Crippen molar-refractivity contribution in [1.29, 1.82) is 0 Å². The first-order valence-electron chi connectivity index (χ1n) is 7.53. The van der Waals surface area contributed by atoms with Crippen molar-refractivity contribution < 1.29 is 19.5 Å². The first kappa shape index (κ1) is 17.3. The Kier molecular flexibility index (Phi) is 6.45. The van der Waals surface area contributed by atoms with Crippen LogP contribution in [0.1, 0.15) is 46.0 Å². The van der Waals surface area contributed by atoms with Gasteiger partial charge in [0.25, 0.3) is 0 Å². The maximum Gasteiger partial charge on any atom is 0.329 e. The molecule has 21 heavy (non-hydrogen) atoms. The first-order valence-corrected chi connectivity index (χ1v) is 7.53. The molecule has 3 amide bonds. The van der Waals surface area contributed by atoms with Crippen molar-refractivity contribution in [3.05, 3.63) is 0 Å². The maximum absolute atomic E-state index is 12.2. The van der Waals surface area contributed by atoms with E-state index >= 15 is 0 Å². The van der Waals surface area contributed by atoms with E-state index in [1.165, 1.54) is 4.90 Å². The van der Waals surface area contributed by atoms with Crippen molar-refractivity contribution in [2.75, 3.05) is 19.6 Å². The van der Waals surface area contributed by atoms with Crippen LogP contribution in [0.4, 0.5) is 4.79 Å². The summed E-state index contributed by atoms with van der Waals surface area (Å²) in [6.07, 6.45) is 2.53. The summed E-state index contributed by atoms with van der Waals surface area (Å²) in [5.41, 5.74) is -1.09. The molecule has 7 heteroatoms. The topological polar surface area (TPSA) is 98.7 Å². The number of rotatable bonds is 7. The molecule has 1 saturated heterocycles. The molecule has 0 aromatic heterocycles. The van der Waals surface area contributed by atoms with Gasteiger partial charge in [0.2, 0.25) is 5.91 Å². The Morgan fingerprint density at radius 3 is 2.52 bits per heavy atom. The molecule has 3 N–H and O–H groups in total. The fourth-order valence-electron chi connectivity index (χ4n) is 2.84. The van der Waals surface area contributed by atoms with Gasteiger partial charge in [-0.15, -0.1) is 0 Å². The Bertz CT molecular complexity index is 400. The van der Waals surface area contributed by atoms with Crippen molar-refractivity contribution in [3.63, 3.8) is 0 Å². The predicted molar refractivity (Wildman–Crippen MR) is 77.9 cm³/mol. The van der Waals surface area contributed by atoms with Gasteiger partial charge in [-0.3, -0.25) is 4.79 Å². The Hall–Kier alpha value is -1.79. The van der Waals surface area contributed by atoms with E-state index in [9.17, 15) is 19.5 Å². The molecule has 1 aliphatic rings. The predicted octanol–water partition coefficient (Wildman–Crippen LogP) is 0.942. The van der Waals surface area contributed by atoms with E-state index in [2.05, 4.69) is 10.6 Å². The van der Waals surface area contributed by atoms with E-state index in [0.29, 0.717) is 38.8 Å². The summed E-state index contributed by atoms with van der Waals surface area (Å²) in [5.74, 6) is -1.07. The summed E-state index contributed by atoms with van der Waals surface area (Å²) in [6.45, 7) is 4.95. The number of carbonyl (C=O) groups excluding carboxylic acids is 2. The van der Waals surface area contributed by atoms with Crippen LogP contribution in [0.5, 0.6) is 0 Å². The lowest BCUT2D eigenvalue weighted by atomic mass is 9.91. The van der Waals surface area contributed by atoms with Crippen LogP contribution in [0.25, 0.3) is 0 Å². The van der Waals surface area contributed by atoms with E-state index in [-0.39, 0.29) is 18.9 Å². The molecule has 120 valence electrons. The van der Waals surface area contributed by atoms with Crippen molar-refractivity contribution >= 4 is 17.9 Å². The third kappa shape index (κ3) is 4.09. The monoisotopic (exact) mass is 299 g/mol. The highest BCUT2D eigenvalue weighted by molar-refractivity contribution is 5.87. The first-order chi connectivity index (χ1) is 9.97. The number of likely N-dealkylation sites (tertiary alicyclic amines) is 1. The van der Waals surface area contributed by atoms with E-state index in [0.717, 1.165) is 0 Å². The van der Waals surface area contributed by atoms with E-state index in [1.54, 1.807) is 0 Å². The summed E-state index contributed by atoms with van der Waals surface area (Å²) in [4.78, 5) is 36.5. The fraction of sp³-hybridized carbons (Fsp3) is 0.786. The lowest BCUT2D eigenvalue weighted by molar-refractivity contribution is -0.148. The average molecular weight is 299 g/mol. The molecule has 0 aliphatic carbocycles. The van der Waals surface area contributed by atoms with Gasteiger partial charge in [0.1, 0.15) is 5.54 Å². The number of carboxylic acids is 1. The molecule has 0 aromatic rings. The summed E-state index contributed by atoms with van der Waals surface area (Å²) in [6, 6.07) is -0.396. The lowest BCUT2D eigenvalue weighted by Crippen LogP contribution is -2.56.